The van der Waals surface area contributed by atoms with E-state index in [4.69, 9.17) is 5.84 Å². The summed E-state index contributed by atoms with van der Waals surface area (Å²) >= 11 is 3.18. The number of hydrazine groups is 1. The summed E-state index contributed by atoms with van der Waals surface area (Å²) in [6.45, 7) is 3.80. The Morgan fingerprint density at radius 2 is 2.19 bits per heavy atom. The molecular formula is C10H14BrFN4. The molecule has 0 saturated heterocycles. The molecule has 0 saturated carbocycles. The molecule has 1 rings (SSSR count). The molecule has 6 heteroatoms. The highest BCUT2D eigenvalue weighted by Crippen LogP contribution is 2.19. The lowest BCUT2D eigenvalue weighted by molar-refractivity contribution is 0.631. The SMILES string of the molecule is CC(C)N=C(NN)Nc1ccc(Br)cc1F. The third kappa shape index (κ3) is 3.79. The van der Waals surface area contributed by atoms with Crippen molar-refractivity contribution in [3.05, 3.63) is 28.5 Å². The summed E-state index contributed by atoms with van der Waals surface area (Å²) in [4.78, 5) is 4.15. The van der Waals surface area contributed by atoms with Crippen LogP contribution in [-0.2, 0) is 0 Å². The second-order valence-corrected chi connectivity index (χ2v) is 4.38. The predicted octanol–water partition coefficient (Wildman–Crippen LogP) is 2.23. The molecule has 0 bridgehead atoms. The van der Waals surface area contributed by atoms with Gasteiger partial charge in [-0.25, -0.2) is 15.2 Å². The Balaban J connectivity index is 2.86. The van der Waals surface area contributed by atoms with Crippen molar-refractivity contribution in [1.29, 1.82) is 0 Å². The number of nitrogens with two attached hydrogens (primary N) is 1. The van der Waals surface area contributed by atoms with Crippen molar-refractivity contribution in [3.8, 4) is 0 Å². The lowest BCUT2D eigenvalue weighted by atomic mass is 10.3. The predicted molar refractivity (Wildman–Crippen MR) is 67.6 cm³/mol. The Morgan fingerprint density at radius 3 is 2.69 bits per heavy atom. The summed E-state index contributed by atoms with van der Waals surface area (Å²) in [5, 5.41) is 2.77. The molecule has 4 N–H and O–H groups in total. The summed E-state index contributed by atoms with van der Waals surface area (Å²) in [7, 11) is 0. The number of guanidine groups is 1. The fourth-order valence-electron chi connectivity index (χ4n) is 1.08. The van der Waals surface area contributed by atoms with E-state index in [0.717, 1.165) is 0 Å². The molecule has 4 nitrogen and oxygen atoms in total. The van der Waals surface area contributed by atoms with E-state index >= 15 is 0 Å². The Morgan fingerprint density at radius 1 is 1.50 bits per heavy atom. The molecule has 0 atom stereocenters. The van der Waals surface area contributed by atoms with Gasteiger partial charge in [0.1, 0.15) is 5.82 Å². The quantitative estimate of drug-likeness (QED) is 0.338. The van der Waals surface area contributed by atoms with Crippen LogP contribution in [0.1, 0.15) is 13.8 Å². The number of nitrogens with one attached hydrogen (secondary N) is 2. The van der Waals surface area contributed by atoms with Crippen molar-refractivity contribution in [2.24, 2.45) is 10.8 Å². The van der Waals surface area contributed by atoms with E-state index in [2.05, 4.69) is 31.7 Å². The van der Waals surface area contributed by atoms with Gasteiger partial charge in [-0.3, -0.25) is 5.43 Å². The molecule has 0 spiro atoms. The number of nitrogens with zero attached hydrogens (tertiary/aromatic N) is 1. The van der Waals surface area contributed by atoms with Gasteiger partial charge < -0.3 is 5.32 Å². The molecule has 16 heavy (non-hydrogen) atoms. The van der Waals surface area contributed by atoms with Crippen molar-refractivity contribution in [2.45, 2.75) is 19.9 Å². The molecule has 0 fully saturated rings. The van der Waals surface area contributed by atoms with Crippen LogP contribution in [0.25, 0.3) is 0 Å². The first-order chi connectivity index (χ1) is 7.52. The van der Waals surface area contributed by atoms with E-state index in [1.807, 2.05) is 13.8 Å². The Bertz CT molecular complexity index is 392. The molecule has 0 unspecified atom stereocenters. The summed E-state index contributed by atoms with van der Waals surface area (Å²) in [5.74, 6) is 5.23. The number of rotatable bonds is 2. The van der Waals surface area contributed by atoms with Crippen LogP contribution in [0.5, 0.6) is 0 Å². The fraction of sp³-hybridized carbons (Fsp3) is 0.300. The highest BCUT2D eigenvalue weighted by molar-refractivity contribution is 9.10. The fourth-order valence-corrected chi connectivity index (χ4v) is 1.42. The number of benzene rings is 1. The second kappa shape index (κ2) is 5.81. The Hall–Kier alpha value is -1.14. The third-order valence-electron chi connectivity index (χ3n) is 1.71. The minimum atomic E-state index is -0.374. The van der Waals surface area contributed by atoms with Crippen LogP contribution < -0.4 is 16.6 Å². The number of hydrogen-bond donors (Lipinski definition) is 3. The standard InChI is InChI=1S/C10H14BrFN4/c1-6(2)14-10(16-13)15-9-4-3-7(11)5-8(9)12/h3-6H,13H2,1-2H3,(H2,14,15,16). The van der Waals surface area contributed by atoms with Crippen molar-refractivity contribution < 1.29 is 4.39 Å². The first-order valence-corrected chi connectivity index (χ1v) is 5.58. The highest BCUT2D eigenvalue weighted by Gasteiger charge is 2.05. The second-order valence-electron chi connectivity index (χ2n) is 3.46. The molecule has 0 aliphatic carbocycles. The minimum Gasteiger partial charge on any atom is -0.323 e. The zero-order chi connectivity index (χ0) is 12.1. The van der Waals surface area contributed by atoms with Gasteiger partial charge in [-0.05, 0) is 32.0 Å². The number of hydrogen-bond acceptors (Lipinski definition) is 2. The average Bonchev–Trinajstić information content (AvgIpc) is 2.20. The molecule has 0 heterocycles. The third-order valence-corrected chi connectivity index (χ3v) is 2.20. The van der Waals surface area contributed by atoms with Gasteiger partial charge >= 0.3 is 0 Å². The summed E-state index contributed by atoms with van der Waals surface area (Å²) < 4.78 is 14.1. The highest BCUT2D eigenvalue weighted by atomic mass is 79.9. The van der Waals surface area contributed by atoms with Gasteiger partial charge in [0.15, 0.2) is 0 Å². The number of anilines is 1. The van der Waals surface area contributed by atoms with E-state index in [1.165, 1.54) is 6.07 Å². The summed E-state index contributed by atoms with van der Waals surface area (Å²) in [6, 6.07) is 4.77. The average molecular weight is 289 g/mol. The lowest BCUT2D eigenvalue weighted by Crippen LogP contribution is -2.37. The molecule has 0 amide bonds. The van der Waals surface area contributed by atoms with Crippen LogP contribution >= 0.6 is 15.9 Å². The zero-order valence-corrected chi connectivity index (χ0v) is 10.7. The maximum Gasteiger partial charge on any atom is 0.210 e. The monoisotopic (exact) mass is 288 g/mol. The Kier molecular flexibility index (Phi) is 4.70. The van der Waals surface area contributed by atoms with Crippen molar-refractivity contribution >= 4 is 27.6 Å². The van der Waals surface area contributed by atoms with Gasteiger partial charge in [0.05, 0.1) is 5.69 Å². The largest absolute Gasteiger partial charge is 0.323 e. The van der Waals surface area contributed by atoms with E-state index < -0.39 is 0 Å². The number of halogens is 2. The normalized spacial score (nSPS) is 11.8. The van der Waals surface area contributed by atoms with Crippen LogP contribution in [0.2, 0.25) is 0 Å². The van der Waals surface area contributed by atoms with Gasteiger partial charge in [0, 0.05) is 10.5 Å². The van der Waals surface area contributed by atoms with Crippen molar-refractivity contribution in [1.82, 2.24) is 5.43 Å². The molecule has 0 aliphatic rings. The van der Waals surface area contributed by atoms with E-state index in [-0.39, 0.29) is 11.9 Å². The molecule has 1 aromatic carbocycles. The van der Waals surface area contributed by atoms with Gasteiger partial charge in [-0.2, -0.15) is 0 Å². The van der Waals surface area contributed by atoms with Crippen LogP contribution in [-0.4, -0.2) is 12.0 Å². The molecule has 0 radical (unpaired) electrons. The maximum absolute atomic E-state index is 13.5. The first-order valence-electron chi connectivity index (χ1n) is 4.79. The van der Waals surface area contributed by atoms with Gasteiger partial charge in [0.25, 0.3) is 0 Å². The van der Waals surface area contributed by atoms with E-state index in [9.17, 15) is 4.39 Å². The van der Waals surface area contributed by atoms with Crippen molar-refractivity contribution in [3.63, 3.8) is 0 Å². The van der Waals surface area contributed by atoms with Gasteiger partial charge in [0.2, 0.25) is 5.96 Å². The number of aliphatic imine (C=N–C) groups is 1. The van der Waals surface area contributed by atoms with Gasteiger partial charge in [-0.15, -0.1) is 0 Å². The topological polar surface area (TPSA) is 62.4 Å². The van der Waals surface area contributed by atoms with Crippen LogP contribution in [0, 0.1) is 5.82 Å². The molecule has 0 aromatic heterocycles. The molecular weight excluding hydrogens is 275 g/mol. The smallest absolute Gasteiger partial charge is 0.210 e. The van der Waals surface area contributed by atoms with Crippen LogP contribution in [0.4, 0.5) is 10.1 Å². The van der Waals surface area contributed by atoms with E-state index in [1.54, 1.807) is 12.1 Å². The minimum absolute atomic E-state index is 0.0667. The molecule has 1 aromatic rings. The zero-order valence-electron chi connectivity index (χ0n) is 9.09. The Labute approximate surface area is 102 Å². The summed E-state index contributed by atoms with van der Waals surface area (Å²) in [5.41, 5.74) is 2.70. The lowest BCUT2D eigenvalue weighted by Gasteiger charge is -2.11. The van der Waals surface area contributed by atoms with Crippen LogP contribution in [0.15, 0.2) is 27.7 Å². The summed E-state index contributed by atoms with van der Waals surface area (Å²) in [6.07, 6.45) is 0. The maximum atomic E-state index is 13.5. The van der Waals surface area contributed by atoms with Crippen molar-refractivity contribution in [2.75, 3.05) is 5.32 Å². The first kappa shape index (κ1) is 12.9. The van der Waals surface area contributed by atoms with Gasteiger partial charge in [-0.1, -0.05) is 15.9 Å². The molecule has 0 aliphatic heterocycles. The molecule has 88 valence electrons. The van der Waals surface area contributed by atoms with Crippen LogP contribution in [0.3, 0.4) is 0 Å². The van der Waals surface area contributed by atoms with E-state index in [0.29, 0.717) is 16.1 Å².